The molecule has 2 aliphatic rings. The van der Waals surface area contributed by atoms with Gasteiger partial charge in [-0.1, -0.05) is 35.9 Å². The van der Waals surface area contributed by atoms with E-state index >= 15 is 0 Å². The molecular formula is C22H24N2O4. The van der Waals surface area contributed by atoms with Crippen molar-refractivity contribution in [1.82, 2.24) is 10.2 Å². The minimum absolute atomic E-state index is 0.0216. The molecule has 0 radical (unpaired) electrons. The van der Waals surface area contributed by atoms with Crippen LogP contribution >= 0.6 is 0 Å². The molecule has 0 aromatic heterocycles. The SMILES string of the molecule is Cc1ccc([C@@H]2CN(C(=O)c3cccc(O)c3O)C[C@H]2NC(=O)C2CC2)cc1. The van der Waals surface area contributed by atoms with Crippen LogP contribution in [0.1, 0.15) is 40.2 Å². The molecule has 1 heterocycles. The molecule has 146 valence electrons. The molecular weight excluding hydrogens is 356 g/mol. The number of amides is 2. The highest BCUT2D eigenvalue weighted by molar-refractivity contribution is 5.98. The third-order valence-corrected chi connectivity index (χ3v) is 5.63. The van der Waals surface area contributed by atoms with Gasteiger partial charge in [-0.05, 0) is 37.5 Å². The molecule has 2 amide bonds. The predicted octanol–water partition coefficient (Wildman–Crippen LogP) is 2.54. The number of nitrogens with zero attached hydrogens (tertiary/aromatic N) is 1. The molecule has 2 aromatic rings. The zero-order chi connectivity index (χ0) is 19.8. The van der Waals surface area contributed by atoms with Gasteiger partial charge in [0.05, 0.1) is 11.6 Å². The number of likely N-dealkylation sites (tertiary alicyclic amines) is 1. The highest BCUT2D eigenvalue weighted by Crippen LogP contribution is 2.34. The highest BCUT2D eigenvalue weighted by Gasteiger charge is 2.40. The van der Waals surface area contributed by atoms with Crippen LogP contribution in [0.5, 0.6) is 11.5 Å². The molecule has 0 bridgehead atoms. The van der Waals surface area contributed by atoms with Crippen molar-refractivity contribution in [2.75, 3.05) is 13.1 Å². The first-order valence-electron chi connectivity index (χ1n) is 9.61. The molecule has 4 rings (SSSR count). The number of carbonyl (C=O) groups excluding carboxylic acids is 2. The Balaban J connectivity index is 1.59. The summed E-state index contributed by atoms with van der Waals surface area (Å²) in [4.78, 5) is 27.0. The number of para-hydroxylation sites is 1. The number of hydrogen-bond acceptors (Lipinski definition) is 4. The van der Waals surface area contributed by atoms with E-state index in [2.05, 4.69) is 5.32 Å². The van der Waals surface area contributed by atoms with E-state index in [1.54, 1.807) is 4.90 Å². The number of nitrogens with one attached hydrogen (secondary N) is 1. The van der Waals surface area contributed by atoms with Gasteiger partial charge in [-0.25, -0.2) is 0 Å². The van der Waals surface area contributed by atoms with E-state index in [-0.39, 0.29) is 41.0 Å². The largest absolute Gasteiger partial charge is 0.504 e. The van der Waals surface area contributed by atoms with Crippen molar-refractivity contribution in [3.8, 4) is 11.5 Å². The van der Waals surface area contributed by atoms with Gasteiger partial charge in [0.25, 0.3) is 5.91 Å². The van der Waals surface area contributed by atoms with Gasteiger partial charge in [0.1, 0.15) is 0 Å². The first-order chi connectivity index (χ1) is 13.4. The lowest BCUT2D eigenvalue weighted by Gasteiger charge is -2.20. The summed E-state index contributed by atoms with van der Waals surface area (Å²) in [6, 6.07) is 12.3. The van der Waals surface area contributed by atoms with Gasteiger partial charge >= 0.3 is 0 Å². The van der Waals surface area contributed by atoms with Gasteiger partial charge in [-0.15, -0.1) is 0 Å². The molecule has 0 spiro atoms. The van der Waals surface area contributed by atoms with Crippen molar-refractivity contribution in [1.29, 1.82) is 0 Å². The Labute approximate surface area is 163 Å². The van der Waals surface area contributed by atoms with Crippen LogP contribution in [0.2, 0.25) is 0 Å². The van der Waals surface area contributed by atoms with Crippen molar-refractivity contribution in [2.24, 2.45) is 5.92 Å². The van der Waals surface area contributed by atoms with Gasteiger partial charge < -0.3 is 20.4 Å². The predicted molar refractivity (Wildman–Crippen MR) is 104 cm³/mol. The van der Waals surface area contributed by atoms with Crippen molar-refractivity contribution < 1.29 is 19.8 Å². The second-order valence-corrected chi connectivity index (χ2v) is 7.79. The normalized spacial score (nSPS) is 21.5. The minimum atomic E-state index is -0.412. The Hall–Kier alpha value is -3.02. The summed E-state index contributed by atoms with van der Waals surface area (Å²) in [5.41, 5.74) is 2.29. The molecule has 1 aliphatic carbocycles. The van der Waals surface area contributed by atoms with E-state index in [0.29, 0.717) is 13.1 Å². The number of phenols is 2. The fourth-order valence-electron chi connectivity index (χ4n) is 3.79. The van der Waals surface area contributed by atoms with Crippen LogP contribution in [0.25, 0.3) is 0 Å². The zero-order valence-electron chi connectivity index (χ0n) is 15.8. The number of benzene rings is 2. The lowest BCUT2D eigenvalue weighted by Crippen LogP contribution is -2.41. The minimum Gasteiger partial charge on any atom is -0.504 e. The molecule has 3 N–H and O–H groups in total. The standard InChI is InChI=1S/C22H24N2O4/c1-13-5-7-14(8-6-13)17-11-24(12-18(17)23-21(27)15-9-10-15)22(28)16-3-2-4-19(25)20(16)26/h2-8,15,17-18,25-26H,9-12H2,1H3,(H,23,27)/t17-,18+/m0/s1. The summed E-state index contributed by atoms with van der Waals surface area (Å²) in [5.74, 6) is -0.959. The van der Waals surface area contributed by atoms with Crippen LogP contribution in [0.3, 0.4) is 0 Å². The van der Waals surface area contributed by atoms with Gasteiger partial charge in [-0.3, -0.25) is 9.59 Å². The smallest absolute Gasteiger partial charge is 0.257 e. The summed E-state index contributed by atoms with van der Waals surface area (Å²) >= 11 is 0. The van der Waals surface area contributed by atoms with Crippen LogP contribution in [0.4, 0.5) is 0 Å². The highest BCUT2D eigenvalue weighted by atomic mass is 16.3. The van der Waals surface area contributed by atoms with Crippen LogP contribution in [0.15, 0.2) is 42.5 Å². The average molecular weight is 380 g/mol. The zero-order valence-corrected chi connectivity index (χ0v) is 15.8. The molecule has 1 aliphatic heterocycles. The fraction of sp³-hybridized carbons (Fsp3) is 0.364. The number of rotatable bonds is 4. The Morgan fingerprint density at radius 2 is 1.75 bits per heavy atom. The Kier molecular flexibility index (Phi) is 4.71. The third-order valence-electron chi connectivity index (χ3n) is 5.63. The second kappa shape index (κ2) is 7.19. The van der Waals surface area contributed by atoms with E-state index in [1.165, 1.54) is 18.2 Å². The monoisotopic (exact) mass is 380 g/mol. The van der Waals surface area contributed by atoms with Crippen molar-refractivity contribution in [3.05, 3.63) is 59.2 Å². The summed E-state index contributed by atoms with van der Waals surface area (Å²) in [7, 11) is 0. The Bertz CT molecular complexity index is 905. The molecule has 2 fully saturated rings. The van der Waals surface area contributed by atoms with E-state index < -0.39 is 5.75 Å². The molecule has 1 saturated carbocycles. The lowest BCUT2D eigenvalue weighted by molar-refractivity contribution is -0.123. The van der Waals surface area contributed by atoms with Crippen molar-refractivity contribution in [2.45, 2.75) is 31.7 Å². The van der Waals surface area contributed by atoms with Crippen LogP contribution in [-0.4, -0.2) is 46.1 Å². The molecule has 1 saturated heterocycles. The first-order valence-corrected chi connectivity index (χ1v) is 9.61. The fourth-order valence-corrected chi connectivity index (χ4v) is 3.79. The number of carbonyl (C=O) groups is 2. The van der Waals surface area contributed by atoms with Gasteiger partial charge in [0.2, 0.25) is 5.91 Å². The maximum Gasteiger partial charge on any atom is 0.257 e. The molecule has 2 atom stereocenters. The van der Waals surface area contributed by atoms with E-state index in [9.17, 15) is 19.8 Å². The van der Waals surface area contributed by atoms with Crippen LogP contribution in [-0.2, 0) is 4.79 Å². The summed E-state index contributed by atoms with van der Waals surface area (Å²) in [6.45, 7) is 2.82. The molecule has 6 heteroatoms. The third kappa shape index (κ3) is 3.54. The molecule has 6 nitrogen and oxygen atoms in total. The van der Waals surface area contributed by atoms with Crippen LogP contribution < -0.4 is 5.32 Å². The number of aromatic hydroxyl groups is 2. The Morgan fingerprint density at radius 1 is 1.04 bits per heavy atom. The first kappa shape index (κ1) is 18.3. The van der Waals surface area contributed by atoms with Gasteiger partial charge in [0.15, 0.2) is 11.5 Å². The van der Waals surface area contributed by atoms with Crippen molar-refractivity contribution in [3.63, 3.8) is 0 Å². The Morgan fingerprint density at radius 3 is 2.43 bits per heavy atom. The van der Waals surface area contributed by atoms with E-state index in [4.69, 9.17) is 0 Å². The average Bonchev–Trinajstić information content (AvgIpc) is 3.45. The van der Waals surface area contributed by atoms with Gasteiger partial charge in [0, 0.05) is 24.9 Å². The molecule has 2 aromatic carbocycles. The maximum atomic E-state index is 13.0. The molecule has 28 heavy (non-hydrogen) atoms. The van der Waals surface area contributed by atoms with Crippen LogP contribution in [0, 0.1) is 12.8 Å². The summed E-state index contributed by atoms with van der Waals surface area (Å²) < 4.78 is 0. The maximum absolute atomic E-state index is 13.0. The topological polar surface area (TPSA) is 89.9 Å². The summed E-state index contributed by atoms with van der Waals surface area (Å²) in [5, 5.41) is 22.9. The second-order valence-electron chi connectivity index (χ2n) is 7.79. The lowest BCUT2D eigenvalue weighted by atomic mass is 9.93. The van der Waals surface area contributed by atoms with E-state index in [1.807, 2.05) is 31.2 Å². The number of phenolic OH excluding ortho intramolecular Hbond substituents is 2. The van der Waals surface area contributed by atoms with Gasteiger partial charge in [-0.2, -0.15) is 0 Å². The number of aryl methyl sites for hydroxylation is 1. The summed E-state index contributed by atoms with van der Waals surface area (Å²) in [6.07, 6.45) is 1.85. The van der Waals surface area contributed by atoms with E-state index in [0.717, 1.165) is 24.0 Å². The number of hydrogen-bond donors (Lipinski definition) is 3. The molecule has 0 unspecified atom stereocenters. The quantitative estimate of drug-likeness (QED) is 0.711. The van der Waals surface area contributed by atoms with Crippen molar-refractivity contribution >= 4 is 11.8 Å².